The van der Waals surface area contributed by atoms with Crippen LogP contribution in [0.25, 0.3) is 0 Å². The summed E-state index contributed by atoms with van der Waals surface area (Å²) in [5.74, 6) is -0.473. The van der Waals surface area contributed by atoms with Crippen molar-refractivity contribution in [1.29, 1.82) is 0 Å². The maximum atomic E-state index is 14.0. The van der Waals surface area contributed by atoms with Crippen LogP contribution >= 0.6 is 0 Å². The standard InChI is InChI=1S/C17H17FN2O/c18-15-8-4-3-7-14(15)17(9-10-17)20-16(21)13-6-2-1-5-12(13)11-19/h1-8H,9-11,19H2,(H,20,21). The third-order valence-electron chi connectivity index (χ3n) is 3.97. The second-order valence-electron chi connectivity index (χ2n) is 5.38. The van der Waals surface area contributed by atoms with Crippen LogP contribution in [0, 0.1) is 5.82 Å². The van der Waals surface area contributed by atoms with E-state index in [0.717, 1.165) is 18.4 Å². The Labute approximate surface area is 123 Å². The molecule has 2 aromatic rings. The van der Waals surface area contributed by atoms with Gasteiger partial charge in [0, 0.05) is 17.7 Å². The van der Waals surface area contributed by atoms with Crippen molar-refractivity contribution in [2.45, 2.75) is 24.9 Å². The van der Waals surface area contributed by atoms with Gasteiger partial charge in [-0.1, -0.05) is 36.4 Å². The van der Waals surface area contributed by atoms with Gasteiger partial charge in [0.15, 0.2) is 0 Å². The van der Waals surface area contributed by atoms with Crippen LogP contribution in [0.4, 0.5) is 4.39 Å². The predicted octanol–water partition coefficient (Wildman–Crippen LogP) is 2.70. The zero-order valence-corrected chi connectivity index (χ0v) is 11.6. The van der Waals surface area contributed by atoms with Crippen LogP contribution in [0.5, 0.6) is 0 Å². The third kappa shape index (κ3) is 2.54. The largest absolute Gasteiger partial charge is 0.342 e. The smallest absolute Gasteiger partial charge is 0.252 e. The fourth-order valence-corrected chi connectivity index (χ4v) is 2.64. The minimum absolute atomic E-state index is 0.197. The van der Waals surface area contributed by atoms with Crippen molar-refractivity contribution in [3.8, 4) is 0 Å². The fourth-order valence-electron chi connectivity index (χ4n) is 2.64. The molecule has 21 heavy (non-hydrogen) atoms. The van der Waals surface area contributed by atoms with Crippen molar-refractivity contribution in [1.82, 2.24) is 5.32 Å². The van der Waals surface area contributed by atoms with Crippen LogP contribution in [0.15, 0.2) is 48.5 Å². The molecule has 0 aromatic heterocycles. The van der Waals surface area contributed by atoms with Crippen molar-refractivity contribution in [2.75, 3.05) is 0 Å². The van der Waals surface area contributed by atoms with E-state index in [1.165, 1.54) is 6.07 Å². The summed E-state index contributed by atoms with van der Waals surface area (Å²) in [6.07, 6.45) is 1.51. The highest BCUT2D eigenvalue weighted by Gasteiger charge is 2.47. The number of hydrogen-bond donors (Lipinski definition) is 2. The molecule has 0 heterocycles. The number of rotatable bonds is 4. The van der Waals surface area contributed by atoms with E-state index in [9.17, 15) is 9.18 Å². The zero-order valence-electron chi connectivity index (χ0n) is 11.6. The van der Waals surface area contributed by atoms with E-state index >= 15 is 0 Å². The predicted molar refractivity (Wildman–Crippen MR) is 79.1 cm³/mol. The first-order valence-electron chi connectivity index (χ1n) is 7.02. The Balaban J connectivity index is 1.87. The first-order chi connectivity index (χ1) is 10.2. The van der Waals surface area contributed by atoms with Crippen LogP contribution < -0.4 is 11.1 Å². The van der Waals surface area contributed by atoms with Crippen molar-refractivity contribution in [3.63, 3.8) is 0 Å². The maximum absolute atomic E-state index is 14.0. The van der Waals surface area contributed by atoms with Crippen molar-refractivity contribution < 1.29 is 9.18 Å². The molecule has 4 heteroatoms. The molecule has 0 radical (unpaired) electrons. The second-order valence-corrected chi connectivity index (χ2v) is 5.38. The lowest BCUT2D eigenvalue weighted by atomic mass is 10.0. The lowest BCUT2D eigenvalue weighted by Crippen LogP contribution is -2.36. The number of carbonyl (C=O) groups excluding carboxylic acids is 1. The molecule has 1 aliphatic carbocycles. The van der Waals surface area contributed by atoms with E-state index in [-0.39, 0.29) is 11.7 Å². The molecule has 1 aliphatic rings. The van der Waals surface area contributed by atoms with Crippen LogP contribution in [0.2, 0.25) is 0 Å². The molecular formula is C17H17FN2O. The van der Waals surface area contributed by atoms with Crippen molar-refractivity contribution in [2.24, 2.45) is 5.73 Å². The molecule has 108 valence electrons. The Kier molecular flexibility index (Phi) is 3.47. The molecule has 2 aromatic carbocycles. The van der Waals surface area contributed by atoms with E-state index in [2.05, 4.69) is 5.32 Å². The summed E-state index contributed by atoms with van der Waals surface area (Å²) in [6.45, 7) is 0.302. The van der Waals surface area contributed by atoms with Gasteiger partial charge in [0.05, 0.1) is 5.54 Å². The molecule has 0 atom stereocenters. The first kappa shape index (κ1) is 13.8. The number of benzene rings is 2. The Hall–Kier alpha value is -2.20. The quantitative estimate of drug-likeness (QED) is 0.907. The number of nitrogens with two attached hydrogens (primary N) is 1. The van der Waals surface area contributed by atoms with Gasteiger partial charge in [-0.25, -0.2) is 4.39 Å². The lowest BCUT2D eigenvalue weighted by molar-refractivity contribution is 0.0929. The molecule has 1 saturated carbocycles. The van der Waals surface area contributed by atoms with E-state index in [4.69, 9.17) is 5.73 Å². The topological polar surface area (TPSA) is 55.1 Å². The molecule has 0 bridgehead atoms. The fraction of sp³-hybridized carbons (Fsp3) is 0.235. The van der Waals surface area contributed by atoms with Gasteiger partial charge in [-0.15, -0.1) is 0 Å². The zero-order chi connectivity index (χ0) is 14.9. The average Bonchev–Trinajstić information content (AvgIpc) is 3.28. The van der Waals surface area contributed by atoms with Gasteiger partial charge in [-0.2, -0.15) is 0 Å². The van der Waals surface area contributed by atoms with E-state index in [1.54, 1.807) is 30.3 Å². The summed E-state index contributed by atoms with van der Waals surface area (Å²) in [7, 11) is 0. The van der Waals surface area contributed by atoms with E-state index in [0.29, 0.717) is 17.7 Å². The Bertz CT molecular complexity index is 680. The molecule has 3 rings (SSSR count). The lowest BCUT2D eigenvalue weighted by Gasteiger charge is -2.19. The van der Waals surface area contributed by atoms with Gasteiger partial charge in [-0.3, -0.25) is 4.79 Å². The number of nitrogens with one attached hydrogen (secondary N) is 1. The molecular weight excluding hydrogens is 267 g/mol. The molecule has 0 aliphatic heterocycles. The number of carbonyl (C=O) groups is 1. The number of hydrogen-bond acceptors (Lipinski definition) is 2. The average molecular weight is 284 g/mol. The van der Waals surface area contributed by atoms with Crippen LogP contribution in [0.1, 0.15) is 34.3 Å². The number of amides is 1. The summed E-state index contributed by atoms with van der Waals surface area (Å²) < 4.78 is 14.0. The van der Waals surface area contributed by atoms with Gasteiger partial charge >= 0.3 is 0 Å². The Morgan fingerprint density at radius 2 is 1.81 bits per heavy atom. The van der Waals surface area contributed by atoms with Gasteiger partial charge in [0.1, 0.15) is 5.82 Å². The van der Waals surface area contributed by atoms with Crippen LogP contribution in [-0.2, 0) is 12.1 Å². The van der Waals surface area contributed by atoms with Crippen molar-refractivity contribution in [3.05, 3.63) is 71.0 Å². The van der Waals surface area contributed by atoms with Gasteiger partial charge in [0.25, 0.3) is 5.91 Å². The van der Waals surface area contributed by atoms with Gasteiger partial charge < -0.3 is 11.1 Å². The molecule has 0 unspecified atom stereocenters. The van der Waals surface area contributed by atoms with Crippen molar-refractivity contribution >= 4 is 5.91 Å². The SMILES string of the molecule is NCc1ccccc1C(=O)NC1(c2ccccc2F)CC1. The minimum atomic E-state index is -0.565. The summed E-state index contributed by atoms with van der Waals surface area (Å²) in [4.78, 5) is 12.5. The summed E-state index contributed by atoms with van der Waals surface area (Å²) in [5, 5.41) is 2.98. The number of halogens is 1. The normalized spacial score (nSPS) is 15.5. The van der Waals surface area contributed by atoms with Crippen LogP contribution in [-0.4, -0.2) is 5.91 Å². The molecule has 0 saturated heterocycles. The Morgan fingerprint density at radius 1 is 1.14 bits per heavy atom. The van der Waals surface area contributed by atoms with Gasteiger partial charge in [0.2, 0.25) is 0 Å². The highest BCUT2D eigenvalue weighted by atomic mass is 19.1. The molecule has 1 amide bonds. The van der Waals surface area contributed by atoms with E-state index < -0.39 is 5.54 Å². The summed E-state index contributed by atoms with van der Waals surface area (Å²) in [6, 6.07) is 13.8. The third-order valence-corrected chi connectivity index (χ3v) is 3.97. The first-order valence-corrected chi connectivity index (χ1v) is 7.02. The second kappa shape index (κ2) is 5.30. The molecule has 0 spiro atoms. The summed E-state index contributed by atoms with van der Waals surface area (Å²) in [5.41, 5.74) is 7.01. The minimum Gasteiger partial charge on any atom is -0.342 e. The van der Waals surface area contributed by atoms with Gasteiger partial charge in [-0.05, 0) is 30.5 Å². The maximum Gasteiger partial charge on any atom is 0.252 e. The summed E-state index contributed by atoms with van der Waals surface area (Å²) >= 11 is 0. The Morgan fingerprint density at radius 3 is 2.48 bits per heavy atom. The van der Waals surface area contributed by atoms with Crippen LogP contribution in [0.3, 0.4) is 0 Å². The monoisotopic (exact) mass is 284 g/mol. The molecule has 3 N–H and O–H groups in total. The molecule has 3 nitrogen and oxygen atoms in total. The van der Waals surface area contributed by atoms with E-state index in [1.807, 2.05) is 12.1 Å². The highest BCUT2D eigenvalue weighted by molar-refractivity contribution is 5.96. The molecule has 1 fully saturated rings. The highest BCUT2D eigenvalue weighted by Crippen LogP contribution is 2.46.